The molecule has 0 aliphatic rings. The van der Waals surface area contributed by atoms with E-state index < -0.39 is 11.6 Å². The Kier molecular flexibility index (Phi) is 6.42. The van der Waals surface area contributed by atoms with Crippen LogP contribution in [0.1, 0.15) is 25.3 Å². The van der Waals surface area contributed by atoms with E-state index in [4.69, 9.17) is 5.73 Å². The van der Waals surface area contributed by atoms with Gasteiger partial charge in [-0.1, -0.05) is 13.0 Å². The van der Waals surface area contributed by atoms with Crippen LogP contribution in [0.15, 0.2) is 18.2 Å². The summed E-state index contributed by atoms with van der Waals surface area (Å²) in [6.45, 7) is 3.16. The Balaban J connectivity index is 2.35. The van der Waals surface area contributed by atoms with Crippen molar-refractivity contribution in [2.45, 2.75) is 26.2 Å². The molecule has 0 radical (unpaired) electrons. The number of amides is 1. The average molecular weight is 270 g/mol. The maximum Gasteiger partial charge on any atom is 0.224 e. The van der Waals surface area contributed by atoms with Crippen molar-refractivity contribution < 1.29 is 13.6 Å². The van der Waals surface area contributed by atoms with Crippen molar-refractivity contribution in [2.75, 3.05) is 13.1 Å². The maximum atomic E-state index is 13.3. The molecule has 0 aliphatic heterocycles. The first-order chi connectivity index (χ1) is 9.04. The van der Waals surface area contributed by atoms with Crippen LogP contribution in [0.2, 0.25) is 0 Å². The fourth-order valence-corrected chi connectivity index (χ4v) is 1.72. The van der Waals surface area contributed by atoms with Gasteiger partial charge in [-0.05, 0) is 37.4 Å². The molecule has 19 heavy (non-hydrogen) atoms. The van der Waals surface area contributed by atoms with E-state index in [0.29, 0.717) is 19.0 Å². The predicted octanol–water partition coefficient (Wildman–Crippen LogP) is 2.00. The highest BCUT2D eigenvalue weighted by Gasteiger charge is 2.12. The maximum absolute atomic E-state index is 13.3. The molecule has 106 valence electrons. The van der Waals surface area contributed by atoms with Crippen molar-refractivity contribution in [2.24, 2.45) is 11.7 Å². The van der Waals surface area contributed by atoms with Crippen LogP contribution in [0, 0.1) is 17.6 Å². The molecule has 1 aromatic rings. The van der Waals surface area contributed by atoms with Crippen LogP contribution in [-0.4, -0.2) is 19.0 Å². The molecule has 0 aromatic heterocycles. The molecule has 0 saturated carbocycles. The second-order valence-corrected chi connectivity index (χ2v) is 4.71. The third-order valence-electron chi connectivity index (χ3n) is 3.00. The van der Waals surface area contributed by atoms with Gasteiger partial charge >= 0.3 is 0 Å². The molecule has 0 fully saturated rings. The molecule has 5 heteroatoms. The summed E-state index contributed by atoms with van der Waals surface area (Å²) in [6.07, 6.45) is 1.46. The normalized spacial score (nSPS) is 12.2. The molecular formula is C14H20F2N2O. The van der Waals surface area contributed by atoms with Crippen LogP contribution >= 0.6 is 0 Å². The van der Waals surface area contributed by atoms with E-state index in [0.717, 1.165) is 25.0 Å². The summed E-state index contributed by atoms with van der Waals surface area (Å²) < 4.78 is 26.6. The second kappa shape index (κ2) is 7.84. The van der Waals surface area contributed by atoms with Crippen molar-refractivity contribution in [3.05, 3.63) is 35.4 Å². The largest absolute Gasteiger partial charge is 0.356 e. The molecule has 3 N–H and O–H groups in total. The summed E-state index contributed by atoms with van der Waals surface area (Å²) in [5, 5.41) is 2.65. The van der Waals surface area contributed by atoms with Gasteiger partial charge in [0.25, 0.3) is 0 Å². The number of hydrogen-bond donors (Lipinski definition) is 2. The first kappa shape index (κ1) is 15.6. The number of benzene rings is 1. The summed E-state index contributed by atoms with van der Waals surface area (Å²) in [5.74, 6) is -1.33. The highest BCUT2D eigenvalue weighted by Crippen LogP contribution is 2.12. The van der Waals surface area contributed by atoms with Gasteiger partial charge in [-0.2, -0.15) is 0 Å². The number of carbonyl (C=O) groups is 1. The summed E-state index contributed by atoms with van der Waals surface area (Å²) in [5.41, 5.74) is 5.29. The third-order valence-corrected chi connectivity index (χ3v) is 3.00. The van der Waals surface area contributed by atoms with E-state index in [1.54, 1.807) is 0 Å². The topological polar surface area (TPSA) is 55.1 Å². The standard InChI is InChI=1S/C14H20F2N2O/c1-10(9-17)4-3-7-18-14(19)8-11-12(15)5-2-6-13(11)16/h2,5-6,10H,3-4,7-9,17H2,1H3,(H,18,19). The van der Waals surface area contributed by atoms with E-state index in [1.165, 1.54) is 6.07 Å². The Morgan fingerprint density at radius 1 is 1.37 bits per heavy atom. The minimum atomic E-state index is -0.688. The molecule has 1 aromatic carbocycles. The number of carbonyl (C=O) groups excluding carboxylic acids is 1. The monoisotopic (exact) mass is 270 g/mol. The van der Waals surface area contributed by atoms with Crippen molar-refractivity contribution in [1.29, 1.82) is 0 Å². The quantitative estimate of drug-likeness (QED) is 0.745. The molecule has 1 rings (SSSR count). The van der Waals surface area contributed by atoms with Crippen molar-refractivity contribution >= 4 is 5.91 Å². The SMILES string of the molecule is CC(CN)CCCNC(=O)Cc1c(F)cccc1F. The van der Waals surface area contributed by atoms with E-state index in [2.05, 4.69) is 5.32 Å². The molecule has 1 atom stereocenters. The molecule has 1 amide bonds. The first-order valence-corrected chi connectivity index (χ1v) is 6.44. The second-order valence-electron chi connectivity index (χ2n) is 4.71. The van der Waals surface area contributed by atoms with Gasteiger partial charge in [0.05, 0.1) is 6.42 Å². The molecule has 0 bridgehead atoms. The van der Waals surface area contributed by atoms with Crippen LogP contribution < -0.4 is 11.1 Å². The highest BCUT2D eigenvalue weighted by molar-refractivity contribution is 5.78. The van der Waals surface area contributed by atoms with Crippen LogP contribution in [0.3, 0.4) is 0 Å². The number of nitrogens with two attached hydrogens (primary N) is 1. The number of rotatable bonds is 7. The Labute approximate surface area is 112 Å². The lowest BCUT2D eigenvalue weighted by Gasteiger charge is -2.09. The summed E-state index contributed by atoms with van der Waals surface area (Å²) in [6, 6.07) is 3.57. The summed E-state index contributed by atoms with van der Waals surface area (Å²) in [4.78, 5) is 11.6. The summed E-state index contributed by atoms with van der Waals surface area (Å²) >= 11 is 0. The van der Waals surface area contributed by atoms with Crippen LogP contribution in [0.25, 0.3) is 0 Å². The zero-order chi connectivity index (χ0) is 14.3. The first-order valence-electron chi connectivity index (χ1n) is 6.44. The fraction of sp³-hybridized carbons (Fsp3) is 0.500. The van der Waals surface area contributed by atoms with Gasteiger partial charge in [-0.3, -0.25) is 4.79 Å². The Hall–Kier alpha value is -1.49. The minimum absolute atomic E-state index is 0.185. The van der Waals surface area contributed by atoms with Gasteiger partial charge in [0.1, 0.15) is 11.6 Å². The van der Waals surface area contributed by atoms with Gasteiger partial charge in [0, 0.05) is 12.1 Å². The third kappa shape index (κ3) is 5.34. The fourth-order valence-electron chi connectivity index (χ4n) is 1.72. The number of halogens is 2. The number of nitrogens with one attached hydrogen (secondary N) is 1. The Morgan fingerprint density at radius 2 is 2.00 bits per heavy atom. The van der Waals surface area contributed by atoms with E-state index in [1.807, 2.05) is 6.92 Å². The zero-order valence-corrected chi connectivity index (χ0v) is 11.1. The zero-order valence-electron chi connectivity index (χ0n) is 11.1. The molecular weight excluding hydrogens is 250 g/mol. The van der Waals surface area contributed by atoms with E-state index >= 15 is 0 Å². The number of hydrogen-bond acceptors (Lipinski definition) is 2. The molecule has 1 unspecified atom stereocenters. The van der Waals surface area contributed by atoms with Crippen molar-refractivity contribution in [1.82, 2.24) is 5.32 Å². The Morgan fingerprint density at radius 3 is 2.58 bits per heavy atom. The van der Waals surface area contributed by atoms with Crippen LogP contribution in [0.5, 0.6) is 0 Å². The average Bonchev–Trinajstić information content (AvgIpc) is 2.39. The van der Waals surface area contributed by atoms with Crippen LogP contribution in [0.4, 0.5) is 8.78 Å². The molecule has 0 saturated heterocycles. The van der Waals surface area contributed by atoms with Crippen molar-refractivity contribution in [3.8, 4) is 0 Å². The van der Waals surface area contributed by atoms with Gasteiger partial charge in [0.2, 0.25) is 5.91 Å². The smallest absolute Gasteiger partial charge is 0.224 e. The van der Waals surface area contributed by atoms with Crippen LogP contribution in [-0.2, 0) is 11.2 Å². The molecule has 3 nitrogen and oxygen atoms in total. The van der Waals surface area contributed by atoms with Gasteiger partial charge in [-0.25, -0.2) is 8.78 Å². The van der Waals surface area contributed by atoms with E-state index in [-0.39, 0.29) is 17.9 Å². The van der Waals surface area contributed by atoms with Crippen molar-refractivity contribution in [3.63, 3.8) is 0 Å². The Bertz CT molecular complexity index is 404. The predicted molar refractivity (Wildman–Crippen MR) is 70.5 cm³/mol. The lowest BCUT2D eigenvalue weighted by molar-refractivity contribution is -0.120. The van der Waals surface area contributed by atoms with Gasteiger partial charge in [-0.15, -0.1) is 0 Å². The molecule has 0 heterocycles. The van der Waals surface area contributed by atoms with E-state index in [9.17, 15) is 13.6 Å². The highest BCUT2D eigenvalue weighted by atomic mass is 19.1. The summed E-state index contributed by atoms with van der Waals surface area (Å²) in [7, 11) is 0. The lowest BCUT2D eigenvalue weighted by atomic mass is 10.1. The minimum Gasteiger partial charge on any atom is -0.356 e. The lowest BCUT2D eigenvalue weighted by Crippen LogP contribution is -2.27. The molecule has 0 aliphatic carbocycles. The molecule has 0 spiro atoms. The van der Waals surface area contributed by atoms with Gasteiger partial charge in [0.15, 0.2) is 0 Å². The van der Waals surface area contributed by atoms with Gasteiger partial charge < -0.3 is 11.1 Å².